The van der Waals surface area contributed by atoms with Gasteiger partial charge in [0.2, 0.25) is 0 Å². The van der Waals surface area contributed by atoms with Crippen LogP contribution in [-0.2, 0) is 10.3 Å². The number of anilines is 1. The van der Waals surface area contributed by atoms with E-state index in [1.165, 1.54) is 12.8 Å². The number of nitrogens with one attached hydrogen (secondary N) is 1. The Hall–Kier alpha value is -0.430. The molecule has 0 spiro atoms. The number of nitrogens with zero attached hydrogens (tertiary/aromatic N) is 2. The molecule has 4 nitrogen and oxygen atoms in total. The highest BCUT2D eigenvalue weighted by molar-refractivity contribution is 14.1. The molecule has 5 heteroatoms. The van der Waals surface area contributed by atoms with E-state index in [0.29, 0.717) is 0 Å². The Balaban J connectivity index is 2.27. The summed E-state index contributed by atoms with van der Waals surface area (Å²) in [6.45, 7) is 3.09. The largest absolute Gasteiger partial charge is 0.370 e. The number of hydrogen-bond donors (Lipinski definition) is 1. The number of ether oxygens (including phenoxy) is 1. The predicted molar refractivity (Wildman–Crippen MR) is 80.7 cm³/mol. The summed E-state index contributed by atoms with van der Waals surface area (Å²) in [5.41, 5.74) is -0.257. The van der Waals surface area contributed by atoms with Crippen LogP contribution in [0.1, 0.15) is 44.9 Å². The molecule has 1 heterocycles. The molecule has 0 aromatic carbocycles. The number of rotatable bonds is 5. The lowest BCUT2D eigenvalue weighted by molar-refractivity contribution is -0.0162. The van der Waals surface area contributed by atoms with Crippen molar-refractivity contribution in [2.24, 2.45) is 0 Å². The first kappa shape index (κ1) is 14.0. The highest BCUT2D eigenvalue weighted by Crippen LogP contribution is 2.40. The predicted octanol–water partition coefficient (Wildman–Crippen LogP) is 3.32. The summed E-state index contributed by atoms with van der Waals surface area (Å²) in [5.74, 6) is 1.77. The Kier molecular flexibility index (Phi) is 4.77. The number of aromatic nitrogens is 2. The van der Waals surface area contributed by atoms with Gasteiger partial charge in [-0.1, -0.05) is 6.92 Å². The number of methoxy groups -OCH3 is 1. The lowest BCUT2D eigenvalue weighted by Gasteiger charge is -2.26. The molecule has 0 aliphatic heterocycles. The smallest absolute Gasteiger partial charge is 0.162 e. The molecule has 1 N–H and O–H groups in total. The lowest BCUT2D eigenvalue weighted by Crippen LogP contribution is -2.28. The van der Waals surface area contributed by atoms with Crippen molar-refractivity contribution in [1.29, 1.82) is 0 Å². The minimum Gasteiger partial charge on any atom is -0.370 e. The van der Waals surface area contributed by atoms with Gasteiger partial charge in [-0.05, 0) is 54.7 Å². The molecule has 1 fully saturated rings. The maximum Gasteiger partial charge on any atom is 0.162 e. The summed E-state index contributed by atoms with van der Waals surface area (Å²) in [7, 11) is 1.77. The van der Waals surface area contributed by atoms with Gasteiger partial charge in [-0.15, -0.1) is 0 Å². The van der Waals surface area contributed by atoms with Gasteiger partial charge < -0.3 is 10.1 Å². The second kappa shape index (κ2) is 6.14. The molecule has 0 amide bonds. The van der Waals surface area contributed by atoms with Crippen LogP contribution in [0.15, 0.2) is 6.20 Å². The summed E-state index contributed by atoms with van der Waals surface area (Å²) in [4.78, 5) is 9.17. The first-order chi connectivity index (χ1) is 8.72. The van der Waals surface area contributed by atoms with Gasteiger partial charge in [-0.2, -0.15) is 0 Å². The lowest BCUT2D eigenvalue weighted by atomic mass is 10.0. The van der Waals surface area contributed by atoms with Gasteiger partial charge in [-0.3, -0.25) is 0 Å². The summed E-state index contributed by atoms with van der Waals surface area (Å²) in [5, 5.41) is 3.35. The summed E-state index contributed by atoms with van der Waals surface area (Å²) < 4.78 is 6.79. The zero-order valence-corrected chi connectivity index (χ0v) is 13.2. The summed E-state index contributed by atoms with van der Waals surface area (Å²) in [6.07, 6.45) is 7.42. The van der Waals surface area contributed by atoms with E-state index in [0.717, 1.165) is 41.0 Å². The zero-order chi connectivity index (χ0) is 13.0. The highest BCUT2D eigenvalue weighted by Gasteiger charge is 2.38. The van der Waals surface area contributed by atoms with Gasteiger partial charge in [0.25, 0.3) is 0 Å². The van der Waals surface area contributed by atoms with Crippen LogP contribution in [0.4, 0.5) is 5.82 Å². The van der Waals surface area contributed by atoms with Crippen molar-refractivity contribution >= 4 is 28.4 Å². The zero-order valence-electron chi connectivity index (χ0n) is 11.0. The van der Waals surface area contributed by atoms with E-state index in [1.807, 2.05) is 6.20 Å². The van der Waals surface area contributed by atoms with Crippen molar-refractivity contribution < 1.29 is 4.74 Å². The molecule has 1 aromatic heterocycles. The second-order valence-corrected chi connectivity index (χ2v) is 5.88. The minimum absolute atomic E-state index is 0.257. The molecule has 18 heavy (non-hydrogen) atoms. The van der Waals surface area contributed by atoms with Crippen LogP contribution >= 0.6 is 22.6 Å². The third-order valence-corrected chi connectivity index (χ3v) is 4.29. The van der Waals surface area contributed by atoms with Crippen LogP contribution < -0.4 is 5.32 Å². The van der Waals surface area contributed by atoms with Gasteiger partial charge in [0, 0.05) is 19.9 Å². The van der Waals surface area contributed by atoms with Crippen LogP contribution in [0.3, 0.4) is 0 Å². The summed E-state index contributed by atoms with van der Waals surface area (Å²) in [6, 6.07) is 0. The van der Waals surface area contributed by atoms with E-state index in [1.54, 1.807) is 7.11 Å². The number of halogens is 1. The van der Waals surface area contributed by atoms with Crippen molar-refractivity contribution in [3.63, 3.8) is 0 Å². The molecular formula is C13H20IN3O. The van der Waals surface area contributed by atoms with Crippen molar-refractivity contribution in [1.82, 2.24) is 9.97 Å². The molecule has 0 radical (unpaired) electrons. The van der Waals surface area contributed by atoms with Gasteiger partial charge in [-0.25, -0.2) is 9.97 Å². The fourth-order valence-electron chi connectivity index (χ4n) is 2.42. The first-order valence-electron chi connectivity index (χ1n) is 6.54. The maximum absolute atomic E-state index is 5.73. The average molecular weight is 361 g/mol. The summed E-state index contributed by atoms with van der Waals surface area (Å²) >= 11 is 2.27. The molecule has 1 aromatic rings. The normalized spacial score (nSPS) is 17.9. The van der Waals surface area contributed by atoms with E-state index in [4.69, 9.17) is 4.74 Å². The minimum atomic E-state index is -0.257. The van der Waals surface area contributed by atoms with Gasteiger partial charge in [0.1, 0.15) is 11.4 Å². The molecular weight excluding hydrogens is 341 g/mol. The van der Waals surface area contributed by atoms with E-state index in [9.17, 15) is 0 Å². The van der Waals surface area contributed by atoms with Gasteiger partial charge >= 0.3 is 0 Å². The number of hydrogen-bond acceptors (Lipinski definition) is 4. The third kappa shape index (κ3) is 2.77. The molecule has 0 saturated heterocycles. The van der Waals surface area contributed by atoms with Crippen molar-refractivity contribution in [3.8, 4) is 0 Å². The molecule has 1 aliphatic carbocycles. The molecule has 0 unspecified atom stereocenters. The van der Waals surface area contributed by atoms with E-state index in [2.05, 4.69) is 44.8 Å². The molecule has 2 rings (SSSR count). The van der Waals surface area contributed by atoms with Crippen LogP contribution in [0.25, 0.3) is 0 Å². The first-order valence-corrected chi connectivity index (χ1v) is 7.62. The quantitative estimate of drug-likeness (QED) is 0.818. The molecule has 100 valence electrons. The fraction of sp³-hybridized carbons (Fsp3) is 0.692. The topological polar surface area (TPSA) is 47.0 Å². The van der Waals surface area contributed by atoms with Crippen molar-refractivity contribution in [3.05, 3.63) is 15.6 Å². The van der Waals surface area contributed by atoms with Crippen LogP contribution in [0.5, 0.6) is 0 Å². The average Bonchev–Trinajstić information content (AvgIpc) is 2.88. The Labute approximate surface area is 122 Å². The Bertz CT molecular complexity index is 405. The standard InChI is InChI=1S/C13H20IN3O/c1-3-8-15-11-10(14)9-16-12(17-11)13(18-2)6-4-5-7-13/h9H,3-8H2,1-2H3,(H,15,16,17). The van der Waals surface area contributed by atoms with E-state index < -0.39 is 0 Å². The van der Waals surface area contributed by atoms with E-state index >= 15 is 0 Å². The van der Waals surface area contributed by atoms with Gasteiger partial charge in [0.05, 0.1) is 3.57 Å². The molecule has 1 aliphatic rings. The van der Waals surface area contributed by atoms with Gasteiger partial charge in [0.15, 0.2) is 5.82 Å². The third-order valence-electron chi connectivity index (χ3n) is 3.50. The Morgan fingerprint density at radius 2 is 2.17 bits per heavy atom. The van der Waals surface area contributed by atoms with Crippen molar-refractivity contribution in [2.45, 2.75) is 44.6 Å². The van der Waals surface area contributed by atoms with Crippen LogP contribution in [-0.4, -0.2) is 23.6 Å². The Morgan fingerprint density at radius 3 is 2.78 bits per heavy atom. The SMILES string of the molecule is CCCNc1nc(C2(OC)CCCC2)ncc1I. The monoisotopic (exact) mass is 361 g/mol. The van der Waals surface area contributed by atoms with Crippen LogP contribution in [0, 0.1) is 3.57 Å². The second-order valence-electron chi connectivity index (χ2n) is 4.72. The van der Waals surface area contributed by atoms with E-state index in [-0.39, 0.29) is 5.60 Å². The Morgan fingerprint density at radius 1 is 1.44 bits per heavy atom. The fourth-order valence-corrected chi connectivity index (χ4v) is 2.87. The highest BCUT2D eigenvalue weighted by atomic mass is 127. The molecule has 0 bridgehead atoms. The molecule has 1 saturated carbocycles. The van der Waals surface area contributed by atoms with Crippen molar-refractivity contribution in [2.75, 3.05) is 19.0 Å². The maximum atomic E-state index is 5.73. The molecule has 0 atom stereocenters. The van der Waals surface area contributed by atoms with Crippen LogP contribution in [0.2, 0.25) is 0 Å².